The van der Waals surface area contributed by atoms with Crippen LogP contribution in [0.3, 0.4) is 0 Å². The van der Waals surface area contributed by atoms with E-state index in [4.69, 9.17) is 23.1 Å². The predicted octanol–water partition coefficient (Wildman–Crippen LogP) is 2.10. The highest BCUT2D eigenvalue weighted by atomic mass is 32.2. The molecule has 2 saturated heterocycles. The molecule has 0 unspecified atom stereocenters. The molecule has 17 heteroatoms. The zero-order valence-corrected chi connectivity index (χ0v) is 30.2. The van der Waals surface area contributed by atoms with Gasteiger partial charge in [0, 0.05) is 24.4 Å². The van der Waals surface area contributed by atoms with E-state index in [1.165, 1.54) is 4.90 Å². The number of methoxy groups -OCH3 is 1. The summed E-state index contributed by atoms with van der Waals surface area (Å²) < 4.78 is 55.2. The van der Waals surface area contributed by atoms with Gasteiger partial charge in [0.25, 0.3) is 5.91 Å². The summed E-state index contributed by atoms with van der Waals surface area (Å²) in [7, 11) is -2.87. The lowest BCUT2D eigenvalue weighted by Crippen LogP contribution is -2.58. The highest BCUT2D eigenvalue weighted by molar-refractivity contribution is 7.85. The minimum Gasteiger partial charge on any atom is -0.497 e. The number of nitrogens with one attached hydrogen (secondary N) is 3. The first-order valence-corrected chi connectivity index (χ1v) is 19.3. The Bertz CT molecular complexity index is 1850. The number of rotatable bonds is 14. The van der Waals surface area contributed by atoms with Gasteiger partial charge >= 0.3 is 16.4 Å². The van der Waals surface area contributed by atoms with E-state index < -0.39 is 69.6 Å². The molecule has 0 spiro atoms. The van der Waals surface area contributed by atoms with Gasteiger partial charge in [0.15, 0.2) is 0 Å². The van der Waals surface area contributed by atoms with E-state index in [9.17, 15) is 27.6 Å². The van der Waals surface area contributed by atoms with Crippen LogP contribution in [0.5, 0.6) is 11.6 Å². The number of nitrogens with zero attached hydrogens (tertiary/aromatic N) is 2. The van der Waals surface area contributed by atoms with Gasteiger partial charge in [0.1, 0.15) is 35.6 Å². The van der Waals surface area contributed by atoms with Gasteiger partial charge in [-0.15, -0.1) is 0 Å². The first-order chi connectivity index (χ1) is 24.8. The predicted molar refractivity (Wildman–Crippen MR) is 183 cm³/mol. The second-order valence-electron chi connectivity index (χ2n) is 14.7. The molecule has 0 radical (unpaired) electrons. The van der Waals surface area contributed by atoms with Gasteiger partial charge in [-0.3, -0.25) is 14.4 Å². The van der Waals surface area contributed by atoms with Gasteiger partial charge in [-0.1, -0.05) is 13.3 Å². The number of carbonyl (C=O) groups excluding carboxylic acids is 4. The molecule has 52 heavy (non-hydrogen) atoms. The van der Waals surface area contributed by atoms with Crippen LogP contribution in [0.2, 0.25) is 0 Å². The molecule has 5 fully saturated rings. The lowest BCUT2D eigenvalue weighted by molar-refractivity contribution is -0.141. The van der Waals surface area contributed by atoms with Crippen LogP contribution < -0.4 is 24.8 Å². The normalized spacial score (nSPS) is 28.1. The van der Waals surface area contributed by atoms with E-state index in [1.54, 1.807) is 26.3 Å². The maximum Gasteiger partial charge on any atom is 0.408 e. The highest BCUT2D eigenvalue weighted by Gasteiger charge is 2.62. The number of fused-ring (bicyclic) bond motifs is 1. The Morgan fingerprint density at radius 1 is 1.12 bits per heavy atom. The maximum absolute atomic E-state index is 14.3. The monoisotopic (exact) mass is 743 g/mol. The molecular weight excluding hydrogens is 698 g/mol. The van der Waals surface area contributed by atoms with Crippen LogP contribution in [0.4, 0.5) is 4.79 Å². The third-order valence-electron chi connectivity index (χ3n) is 10.7. The zero-order valence-electron chi connectivity index (χ0n) is 29.4. The number of carbonyl (C=O) groups is 4. The molecule has 282 valence electrons. The number of pyridine rings is 1. The third kappa shape index (κ3) is 7.76. The molecule has 5 aliphatic rings. The van der Waals surface area contributed by atoms with Gasteiger partial charge in [0.05, 0.1) is 32.5 Å². The first kappa shape index (κ1) is 36.2. The Morgan fingerprint density at radius 3 is 2.56 bits per heavy atom. The Hall–Kier alpha value is -4.22. The van der Waals surface area contributed by atoms with Crippen LogP contribution >= 0.6 is 0 Å². The van der Waals surface area contributed by atoms with Crippen LogP contribution in [0.25, 0.3) is 10.8 Å². The number of hydrogen-bond acceptors (Lipinski definition) is 12. The highest BCUT2D eigenvalue weighted by Crippen LogP contribution is 2.47. The average molecular weight is 744 g/mol. The standard InChI is InChI=1S/C35H45N5O11S/c1-4-22-17-35(22,32(43)39-52(45,46)51-34(2)11-12-34)38-29(41)27-16-25(49-30-26-8-7-23(47-3)15-21(26)9-13-36-30)18-40(27)31(42)28(20-5-6-20)37-33(44)50-24-10-14-48-19-24/h7-9,13,15,20,22,24-25,27-28H,4-6,10-12,14,16-19H2,1-3H3,(H,37,44)(H,38,41)(H,39,43)/t22-,24+,25-,27+,28+,35-/m1/s1. The number of alkyl carbamates (subject to hydrolysis) is 1. The smallest absolute Gasteiger partial charge is 0.408 e. The zero-order chi connectivity index (χ0) is 36.8. The van der Waals surface area contributed by atoms with Crippen LogP contribution in [0.1, 0.15) is 65.2 Å². The molecule has 6 atom stereocenters. The van der Waals surface area contributed by atoms with Crippen molar-refractivity contribution in [3.8, 4) is 11.6 Å². The fraction of sp³-hybridized carbons (Fsp3) is 0.629. The SMILES string of the molecule is CC[C@@H]1C[C@]1(NC(=O)[C@@H]1C[C@@H](Oc2nccc3cc(OC)ccc23)CN1C(=O)[C@@H](NC(=O)O[C@H]1CCOC1)C1CC1)C(=O)NS(=O)(=O)OC1(C)CC1. The first-order valence-electron chi connectivity index (χ1n) is 17.9. The second kappa shape index (κ2) is 14.0. The topological polar surface area (TPSA) is 201 Å². The van der Waals surface area contributed by atoms with E-state index in [1.807, 2.05) is 29.8 Å². The molecule has 4 amide bonds. The summed E-state index contributed by atoms with van der Waals surface area (Å²) in [6.07, 6.45) is 3.53. The van der Waals surface area contributed by atoms with Gasteiger partial charge < -0.3 is 34.5 Å². The summed E-state index contributed by atoms with van der Waals surface area (Å²) >= 11 is 0. The summed E-state index contributed by atoms with van der Waals surface area (Å²) in [5.74, 6) is -1.56. The Kier molecular flexibility index (Phi) is 9.71. The molecular formula is C35H45N5O11S. The van der Waals surface area contributed by atoms with Crippen molar-refractivity contribution in [1.82, 2.24) is 25.2 Å². The molecule has 2 aromatic rings. The van der Waals surface area contributed by atoms with E-state index in [-0.39, 0.29) is 37.8 Å². The molecule has 3 N–H and O–H groups in total. The lowest BCUT2D eigenvalue weighted by Gasteiger charge is -2.30. The quantitative estimate of drug-likeness (QED) is 0.255. The molecule has 3 aliphatic carbocycles. The molecule has 3 heterocycles. The van der Waals surface area contributed by atoms with Crippen molar-refractivity contribution >= 4 is 44.9 Å². The van der Waals surface area contributed by atoms with Crippen molar-refractivity contribution in [2.45, 2.75) is 101 Å². The van der Waals surface area contributed by atoms with Crippen molar-refractivity contribution in [2.24, 2.45) is 11.8 Å². The number of ether oxygens (including phenoxy) is 4. The van der Waals surface area contributed by atoms with Crippen molar-refractivity contribution in [3.63, 3.8) is 0 Å². The summed E-state index contributed by atoms with van der Waals surface area (Å²) in [4.78, 5) is 60.9. The number of hydrogen-bond donors (Lipinski definition) is 3. The van der Waals surface area contributed by atoms with Crippen molar-refractivity contribution < 1.29 is 50.7 Å². The Balaban J connectivity index is 1.12. The molecule has 1 aromatic heterocycles. The minimum atomic E-state index is -4.44. The summed E-state index contributed by atoms with van der Waals surface area (Å²) in [6, 6.07) is 5.17. The molecule has 0 bridgehead atoms. The Labute approximate surface area is 301 Å². The Morgan fingerprint density at radius 2 is 1.90 bits per heavy atom. The fourth-order valence-electron chi connectivity index (χ4n) is 7.15. The third-order valence-corrected chi connectivity index (χ3v) is 11.7. The maximum atomic E-state index is 14.3. The van der Waals surface area contributed by atoms with Gasteiger partial charge in [-0.25, -0.2) is 18.7 Å². The largest absolute Gasteiger partial charge is 0.497 e. The van der Waals surface area contributed by atoms with Gasteiger partial charge in [0.2, 0.25) is 17.7 Å². The lowest BCUT2D eigenvalue weighted by atomic mass is 10.1. The minimum absolute atomic E-state index is 0.0151. The van der Waals surface area contributed by atoms with E-state index in [0.29, 0.717) is 62.1 Å². The summed E-state index contributed by atoms with van der Waals surface area (Å²) in [6.45, 7) is 4.22. The van der Waals surface area contributed by atoms with E-state index in [2.05, 4.69) is 15.6 Å². The van der Waals surface area contributed by atoms with Gasteiger partial charge in [-0.05, 0) is 80.5 Å². The van der Waals surface area contributed by atoms with Crippen molar-refractivity contribution in [2.75, 3.05) is 26.9 Å². The summed E-state index contributed by atoms with van der Waals surface area (Å²) in [5, 5.41) is 7.07. The number of amides is 4. The average Bonchev–Trinajstić information content (AvgIpc) is 4.07. The van der Waals surface area contributed by atoms with Crippen molar-refractivity contribution in [1.29, 1.82) is 0 Å². The molecule has 3 saturated carbocycles. The van der Waals surface area contributed by atoms with Gasteiger partial charge in [-0.2, -0.15) is 8.42 Å². The molecule has 2 aliphatic heterocycles. The van der Waals surface area contributed by atoms with Crippen LogP contribution in [-0.2, 0) is 38.3 Å². The number of aromatic nitrogens is 1. The van der Waals surface area contributed by atoms with Crippen LogP contribution in [-0.4, -0.2) is 104 Å². The van der Waals surface area contributed by atoms with E-state index >= 15 is 0 Å². The van der Waals surface area contributed by atoms with Crippen molar-refractivity contribution in [3.05, 3.63) is 30.5 Å². The molecule has 7 rings (SSSR count). The van der Waals surface area contributed by atoms with E-state index in [0.717, 1.165) is 5.39 Å². The number of likely N-dealkylation sites (tertiary alicyclic amines) is 1. The number of benzene rings is 1. The van der Waals surface area contributed by atoms with Crippen LogP contribution in [0, 0.1) is 11.8 Å². The second-order valence-corrected chi connectivity index (χ2v) is 16.0. The molecule has 1 aromatic carbocycles. The molecule has 16 nitrogen and oxygen atoms in total. The fourth-order valence-corrected chi connectivity index (χ4v) is 8.30. The van der Waals surface area contributed by atoms with Crippen LogP contribution in [0.15, 0.2) is 30.5 Å². The summed E-state index contributed by atoms with van der Waals surface area (Å²) in [5.41, 5.74) is -2.37.